The van der Waals surface area contributed by atoms with Gasteiger partial charge in [0.2, 0.25) is 12.2 Å². The second-order valence-electron chi connectivity index (χ2n) is 8.46. The first-order valence-electron chi connectivity index (χ1n) is 11.7. The van der Waals surface area contributed by atoms with E-state index < -0.39 is 29.1 Å². The molecule has 0 bridgehead atoms. The van der Waals surface area contributed by atoms with Crippen LogP contribution >= 0.6 is 0 Å². The predicted octanol–water partition coefficient (Wildman–Crippen LogP) is 3.53. The maximum absolute atomic E-state index is 13.8. The van der Waals surface area contributed by atoms with E-state index in [9.17, 15) is 19.7 Å². The van der Waals surface area contributed by atoms with Crippen LogP contribution in [0.25, 0.3) is 0 Å². The highest BCUT2D eigenvalue weighted by atomic mass is 16.6. The normalized spacial score (nSPS) is 18.2. The van der Waals surface area contributed by atoms with Crippen LogP contribution in [-0.4, -0.2) is 64.2 Å². The number of hydrogen-bond donors (Lipinski definition) is 0. The molecule has 2 heterocycles. The van der Waals surface area contributed by atoms with Gasteiger partial charge in [-0.2, -0.15) is 0 Å². The summed E-state index contributed by atoms with van der Waals surface area (Å²) in [6.07, 6.45) is 6.56. The summed E-state index contributed by atoms with van der Waals surface area (Å²) in [5.74, 6) is -0.133. The first-order chi connectivity index (χ1) is 16.9. The number of nitro groups is 1. The Morgan fingerprint density at radius 2 is 1.94 bits per heavy atom. The second-order valence-corrected chi connectivity index (χ2v) is 8.46. The topological polar surface area (TPSA) is 126 Å². The molecule has 1 aromatic carbocycles. The van der Waals surface area contributed by atoms with Crippen molar-refractivity contribution in [1.29, 1.82) is 0 Å². The van der Waals surface area contributed by atoms with Crippen molar-refractivity contribution in [2.45, 2.75) is 63.6 Å². The number of esters is 1. The molecule has 1 aromatic heterocycles. The lowest BCUT2D eigenvalue weighted by atomic mass is 10.1. The molecular weight excluding hydrogens is 456 g/mol. The number of aromatic nitrogens is 2. The molecule has 35 heavy (non-hydrogen) atoms. The van der Waals surface area contributed by atoms with Gasteiger partial charge < -0.3 is 29.2 Å². The van der Waals surface area contributed by atoms with E-state index in [4.69, 9.17) is 14.2 Å². The molecule has 11 heteroatoms. The summed E-state index contributed by atoms with van der Waals surface area (Å²) < 4.78 is 17.9. The molecule has 190 valence electrons. The number of benzene rings is 1. The molecule has 0 saturated carbocycles. The smallest absolute Gasteiger partial charge is 0.381 e. The lowest BCUT2D eigenvalue weighted by Gasteiger charge is -2.27. The van der Waals surface area contributed by atoms with Crippen LogP contribution in [0.15, 0.2) is 36.8 Å². The van der Waals surface area contributed by atoms with Crippen LogP contribution in [0.5, 0.6) is 11.5 Å². The summed E-state index contributed by atoms with van der Waals surface area (Å²) in [7, 11) is 2.82. The molecule has 1 aliphatic rings. The Morgan fingerprint density at radius 1 is 1.20 bits per heavy atom. The van der Waals surface area contributed by atoms with Crippen molar-refractivity contribution in [3.05, 3.63) is 46.9 Å². The third-order valence-electron chi connectivity index (χ3n) is 6.13. The zero-order chi connectivity index (χ0) is 25.4. The molecular formula is C24H32N4O7. The molecule has 0 aliphatic carbocycles. The molecule has 3 atom stereocenters. The highest BCUT2D eigenvalue weighted by Gasteiger charge is 2.44. The number of hydrogen-bond acceptors (Lipinski definition) is 8. The van der Waals surface area contributed by atoms with Gasteiger partial charge in [-0.1, -0.05) is 44.7 Å². The van der Waals surface area contributed by atoms with Crippen LogP contribution in [-0.2, 0) is 14.3 Å². The Bertz CT molecular complexity index is 1020. The Kier molecular flexibility index (Phi) is 9.04. The van der Waals surface area contributed by atoms with E-state index in [1.807, 2.05) is 12.1 Å². The van der Waals surface area contributed by atoms with E-state index in [1.165, 1.54) is 36.2 Å². The fraction of sp³-hybridized carbons (Fsp3) is 0.542. The molecule has 1 fully saturated rings. The largest absolute Gasteiger partial charge is 0.493 e. The van der Waals surface area contributed by atoms with Crippen LogP contribution < -0.4 is 9.47 Å². The summed E-state index contributed by atoms with van der Waals surface area (Å²) >= 11 is 0. The molecule has 0 N–H and O–H groups in total. The molecule has 0 unspecified atom stereocenters. The van der Waals surface area contributed by atoms with E-state index in [0.717, 1.165) is 25.7 Å². The number of carbonyl (C=O) groups is 2. The van der Waals surface area contributed by atoms with Crippen molar-refractivity contribution in [3.8, 4) is 11.5 Å². The number of rotatable bonds is 12. The van der Waals surface area contributed by atoms with Crippen molar-refractivity contribution < 1.29 is 28.7 Å². The van der Waals surface area contributed by atoms with Crippen molar-refractivity contribution in [2.75, 3.05) is 20.8 Å². The average molecular weight is 489 g/mol. The van der Waals surface area contributed by atoms with Gasteiger partial charge in [-0.3, -0.25) is 9.36 Å². The SMILES string of the molecule is CCCCCC[C@H](C(=O)N1C[C@@H](Oc2ccccc2OC)C[C@H]1C(=O)OC)n1cnc([N+](=O)[O-])c1. The van der Waals surface area contributed by atoms with Crippen LogP contribution in [0.4, 0.5) is 5.82 Å². The van der Waals surface area contributed by atoms with Crippen molar-refractivity contribution in [2.24, 2.45) is 0 Å². The van der Waals surface area contributed by atoms with E-state index in [1.54, 1.807) is 12.1 Å². The third kappa shape index (κ3) is 6.28. The molecule has 1 aliphatic heterocycles. The quantitative estimate of drug-likeness (QED) is 0.192. The number of para-hydroxylation sites is 2. The monoisotopic (exact) mass is 488 g/mol. The number of ether oxygens (including phenoxy) is 3. The predicted molar refractivity (Wildman–Crippen MR) is 126 cm³/mol. The Morgan fingerprint density at radius 3 is 2.57 bits per heavy atom. The molecule has 1 amide bonds. The zero-order valence-corrected chi connectivity index (χ0v) is 20.3. The fourth-order valence-electron chi connectivity index (χ4n) is 4.33. The van der Waals surface area contributed by atoms with Gasteiger partial charge in [0.05, 0.1) is 20.8 Å². The maximum atomic E-state index is 13.8. The van der Waals surface area contributed by atoms with Crippen LogP contribution in [0.2, 0.25) is 0 Å². The van der Waals surface area contributed by atoms with Crippen molar-refractivity contribution in [3.63, 3.8) is 0 Å². The van der Waals surface area contributed by atoms with Gasteiger partial charge in [0, 0.05) is 6.42 Å². The van der Waals surface area contributed by atoms with E-state index in [2.05, 4.69) is 11.9 Å². The highest BCUT2D eigenvalue weighted by Crippen LogP contribution is 2.32. The minimum Gasteiger partial charge on any atom is -0.493 e. The minimum absolute atomic E-state index is 0.166. The van der Waals surface area contributed by atoms with E-state index in [0.29, 0.717) is 17.9 Å². The van der Waals surface area contributed by atoms with Gasteiger partial charge in [0.15, 0.2) is 11.5 Å². The Balaban J connectivity index is 1.84. The summed E-state index contributed by atoms with van der Waals surface area (Å²) in [5, 5.41) is 11.2. The molecule has 0 radical (unpaired) electrons. The number of imidazole rings is 1. The maximum Gasteiger partial charge on any atom is 0.381 e. The van der Waals surface area contributed by atoms with Gasteiger partial charge in [0.1, 0.15) is 24.4 Å². The molecule has 0 spiro atoms. The van der Waals surface area contributed by atoms with Gasteiger partial charge in [0.25, 0.3) is 0 Å². The van der Waals surface area contributed by atoms with Gasteiger partial charge in [-0.15, -0.1) is 0 Å². The lowest BCUT2D eigenvalue weighted by Crippen LogP contribution is -2.44. The lowest BCUT2D eigenvalue weighted by molar-refractivity contribution is -0.389. The van der Waals surface area contributed by atoms with E-state index in [-0.39, 0.29) is 24.7 Å². The summed E-state index contributed by atoms with van der Waals surface area (Å²) in [5.41, 5.74) is 0. The summed E-state index contributed by atoms with van der Waals surface area (Å²) in [6.45, 7) is 2.26. The molecule has 1 saturated heterocycles. The molecule has 11 nitrogen and oxygen atoms in total. The molecule has 3 rings (SSSR count). The van der Waals surface area contributed by atoms with Gasteiger partial charge >= 0.3 is 11.8 Å². The average Bonchev–Trinajstić information content (AvgIpc) is 3.51. The number of carbonyl (C=O) groups excluding carboxylic acids is 2. The number of amides is 1. The highest BCUT2D eigenvalue weighted by molar-refractivity contribution is 5.87. The number of methoxy groups -OCH3 is 2. The van der Waals surface area contributed by atoms with Crippen molar-refractivity contribution in [1.82, 2.24) is 14.5 Å². The number of unbranched alkanes of at least 4 members (excludes halogenated alkanes) is 3. The molecule has 2 aromatic rings. The van der Waals surface area contributed by atoms with Crippen molar-refractivity contribution >= 4 is 17.7 Å². The van der Waals surface area contributed by atoms with Gasteiger partial charge in [-0.05, 0) is 28.5 Å². The van der Waals surface area contributed by atoms with Gasteiger partial charge in [-0.25, -0.2) is 4.79 Å². The van der Waals surface area contributed by atoms with Crippen LogP contribution in [0, 0.1) is 10.1 Å². The third-order valence-corrected chi connectivity index (χ3v) is 6.13. The fourth-order valence-corrected chi connectivity index (χ4v) is 4.33. The Labute approximate surface area is 204 Å². The minimum atomic E-state index is -0.830. The summed E-state index contributed by atoms with van der Waals surface area (Å²) in [6, 6.07) is 5.60. The first kappa shape index (κ1) is 26.0. The van der Waals surface area contributed by atoms with Crippen LogP contribution in [0.3, 0.4) is 0 Å². The standard InChI is InChI=1S/C24H32N4O7/c1-4-5-6-7-10-18(26-15-22(25-16-26)28(31)32)23(29)27-14-17(13-19(27)24(30)34-3)35-21-12-9-8-11-20(21)33-2/h8-9,11-12,15-19H,4-7,10,13-14H2,1-3H3/t17-,18+,19-/m0/s1. The number of likely N-dealkylation sites (tertiary alicyclic amines) is 1. The first-order valence-corrected chi connectivity index (χ1v) is 11.7. The Hall–Kier alpha value is -3.63. The summed E-state index contributed by atoms with van der Waals surface area (Å²) in [4.78, 5) is 42.2. The zero-order valence-electron chi connectivity index (χ0n) is 20.3. The number of nitrogens with zero attached hydrogens (tertiary/aromatic N) is 4. The van der Waals surface area contributed by atoms with Crippen LogP contribution in [0.1, 0.15) is 51.5 Å². The second kappa shape index (κ2) is 12.2. The van der Waals surface area contributed by atoms with E-state index >= 15 is 0 Å².